The van der Waals surface area contributed by atoms with Crippen LogP contribution in [0.3, 0.4) is 0 Å². The molecule has 0 amide bonds. The summed E-state index contributed by atoms with van der Waals surface area (Å²) in [5.41, 5.74) is 6.01. The molecule has 1 nitrogen and oxygen atoms in total. The van der Waals surface area contributed by atoms with Crippen molar-refractivity contribution in [1.29, 1.82) is 0 Å². The van der Waals surface area contributed by atoms with Gasteiger partial charge in [-0.2, -0.15) is 0 Å². The molecule has 0 aromatic rings. The molecule has 1 heterocycles. The van der Waals surface area contributed by atoms with Gasteiger partial charge in [-0.05, 0) is 65.4 Å². The van der Waals surface area contributed by atoms with Gasteiger partial charge in [-0.15, -0.1) is 19.7 Å². The van der Waals surface area contributed by atoms with E-state index in [4.69, 9.17) is 0 Å². The van der Waals surface area contributed by atoms with Crippen LogP contribution in [0.15, 0.2) is 73.0 Å². The Morgan fingerprint density at radius 2 is 1.46 bits per heavy atom. The number of likely N-dealkylation sites (tertiary alicyclic amines) is 1. The summed E-state index contributed by atoms with van der Waals surface area (Å²) in [5.74, 6) is 0.762. The van der Waals surface area contributed by atoms with Crippen LogP contribution in [0.5, 0.6) is 0 Å². The lowest BCUT2D eigenvalue weighted by atomic mass is 9.91. The monoisotopic (exact) mass is 357 g/mol. The SMILES string of the molecule is C=C.C=C(C)/C=C\C(C(=C)N1CC(C)CCC1CC)=C(C)C.C=C(C)C. The molecule has 1 heteroatoms. The predicted octanol–water partition coefficient (Wildman–Crippen LogP) is 7.86. The minimum Gasteiger partial charge on any atom is -0.368 e. The smallest absolute Gasteiger partial charge is 0.0368 e. The maximum absolute atomic E-state index is 4.40. The lowest BCUT2D eigenvalue weighted by Gasteiger charge is -2.41. The van der Waals surface area contributed by atoms with Crippen molar-refractivity contribution < 1.29 is 0 Å². The van der Waals surface area contributed by atoms with Crippen LogP contribution < -0.4 is 0 Å². The second-order valence-electron chi connectivity index (χ2n) is 7.64. The van der Waals surface area contributed by atoms with Crippen LogP contribution in [0, 0.1) is 5.92 Å². The van der Waals surface area contributed by atoms with Gasteiger partial charge in [0.1, 0.15) is 0 Å². The average molecular weight is 358 g/mol. The molecule has 0 aliphatic carbocycles. The Labute approximate surface area is 164 Å². The highest BCUT2D eigenvalue weighted by atomic mass is 15.2. The Kier molecular flexibility index (Phi) is 14.7. The minimum atomic E-state index is 0.645. The fourth-order valence-corrected chi connectivity index (χ4v) is 2.90. The fourth-order valence-electron chi connectivity index (χ4n) is 2.90. The Hall–Kier alpha value is -1.76. The van der Waals surface area contributed by atoms with Gasteiger partial charge in [0.25, 0.3) is 0 Å². The lowest BCUT2D eigenvalue weighted by molar-refractivity contribution is 0.154. The van der Waals surface area contributed by atoms with Gasteiger partial charge in [0.05, 0.1) is 0 Å². The zero-order valence-corrected chi connectivity index (χ0v) is 18.6. The maximum Gasteiger partial charge on any atom is 0.0368 e. The molecule has 0 saturated carbocycles. The summed E-state index contributed by atoms with van der Waals surface area (Å²) in [6.45, 7) is 34.0. The summed E-state index contributed by atoms with van der Waals surface area (Å²) in [4.78, 5) is 2.53. The van der Waals surface area contributed by atoms with Crippen molar-refractivity contribution in [1.82, 2.24) is 4.90 Å². The Bertz CT molecular complexity index is 510. The molecular formula is C25H43N. The van der Waals surface area contributed by atoms with Gasteiger partial charge in [-0.3, -0.25) is 0 Å². The summed E-state index contributed by atoms with van der Waals surface area (Å²) in [5, 5.41) is 0. The lowest BCUT2D eigenvalue weighted by Crippen LogP contribution is -2.41. The quantitative estimate of drug-likeness (QED) is 0.357. The molecule has 0 bridgehead atoms. The molecule has 0 radical (unpaired) electrons. The highest BCUT2D eigenvalue weighted by Gasteiger charge is 2.26. The third-order valence-corrected chi connectivity index (χ3v) is 4.14. The third kappa shape index (κ3) is 11.0. The van der Waals surface area contributed by atoms with Crippen LogP contribution in [0.25, 0.3) is 0 Å². The van der Waals surface area contributed by atoms with E-state index in [9.17, 15) is 0 Å². The van der Waals surface area contributed by atoms with Crippen LogP contribution in [0.4, 0.5) is 0 Å². The van der Waals surface area contributed by atoms with E-state index >= 15 is 0 Å². The zero-order chi connectivity index (χ0) is 20.9. The number of allylic oxidation sites excluding steroid dienone is 5. The molecule has 0 spiro atoms. The maximum atomic E-state index is 4.40. The molecule has 0 N–H and O–H groups in total. The molecule has 1 saturated heterocycles. The third-order valence-electron chi connectivity index (χ3n) is 4.14. The summed E-state index contributed by atoms with van der Waals surface area (Å²) >= 11 is 0. The van der Waals surface area contributed by atoms with E-state index in [-0.39, 0.29) is 0 Å². The van der Waals surface area contributed by atoms with E-state index in [1.807, 2.05) is 20.8 Å². The molecule has 148 valence electrons. The standard InChI is InChI=1S/C19H31N.C4H8.C2H4/c1-8-18-11-10-16(6)13-20(18)17(7)19(15(4)5)12-9-14(2)3;1-4(2)3;1-2/h9,12,16,18H,2,7-8,10-11,13H2,1,3-6H3;1H2,2-3H3;1-2H2/b12-9-;;. The van der Waals surface area contributed by atoms with Crippen molar-refractivity contribution in [3.8, 4) is 0 Å². The highest BCUT2D eigenvalue weighted by molar-refractivity contribution is 5.42. The van der Waals surface area contributed by atoms with Gasteiger partial charge in [0.2, 0.25) is 0 Å². The second kappa shape index (κ2) is 14.4. The van der Waals surface area contributed by atoms with Crippen LogP contribution in [0.2, 0.25) is 0 Å². The summed E-state index contributed by atoms with van der Waals surface area (Å²) < 4.78 is 0. The largest absolute Gasteiger partial charge is 0.368 e. The molecule has 2 unspecified atom stereocenters. The average Bonchev–Trinajstić information content (AvgIpc) is 2.55. The first kappa shape index (κ1) is 26.5. The van der Waals surface area contributed by atoms with E-state index in [1.54, 1.807) is 0 Å². The molecular weight excluding hydrogens is 314 g/mol. The molecule has 1 rings (SSSR count). The van der Waals surface area contributed by atoms with E-state index in [1.165, 1.54) is 41.7 Å². The summed E-state index contributed by atoms with van der Waals surface area (Å²) in [6.07, 6.45) is 8.09. The van der Waals surface area contributed by atoms with E-state index in [0.29, 0.717) is 6.04 Å². The van der Waals surface area contributed by atoms with Gasteiger partial charge in [0.15, 0.2) is 0 Å². The molecule has 1 aliphatic heterocycles. The van der Waals surface area contributed by atoms with Gasteiger partial charge in [0, 0.05) is 18.3 Å². The van der Waals surface area contributed by atoms with E-state index in [0.717, 1.165) is 18.0 Å². The van der Waals surface area contributed by atoms with Crippen molar-refractivity contribution in [2.75, 3.05) is 6.54 Å². The first-order valence-electron chi connectivity index (χ1n) is 9.69. The van der Waals surface area contributed by atoms with Gasteiger partial charge in [-0.1, -0.05) is 55.9 Å². The topological polar surface area (TPSA) is 3.24 Å². The first-order valence-corrected chi connectivity index (χ1v) is 9.69. The Morgan fingerprint density at radius 3 is 1.85 bits per heavy atom. The number of piperidine rings is 1. The summed E-state index contributed by atoms with van der Waals surface area (Å²) in [6, 6.07) is 0.645. The van der Waals surface area contributed by atoms with Crippen LogP contribution in [0.1, 0.15) is 67.7 Å². The molecule has 1 aliphatic rings. The molecule has 1 fully saturated rings. The Morgan fingerprint density at radius 1 is 0.962 bits per heavy atom. The van der Waals surface area contributed by atoms with Crippen molar-refractivity contribution in [3.63, 3.8) is 0 Å². The fraction of sp³-hybridized carbons (Fsp3) is 0.520. The normalized spacial score (nSPS) is 18.8. The Balaban J connectivity index is 0. The molecule has 26 heavy (non-hydrogen) atoms. The zero-order valence-electron chi connectivity index (χ0n) is 18.6. The molecule has 2 atom stereocenters. The summed E-state index contributed by atoms with van der Waals surface area (Å²) in [7, 11) is 0. The van der Waals surface area contributed by atoms with Crippen molar-refractivity contribution in [2.24, 2.45) is 5.92 Å². The number of hydrogen-bond acceptors (Lipinski definition) is 1. The van der Waals surface area contributed by atoms with Crippen LogP contribution in [-0.4, -0.2) is 17.5 Å². The molecule has 0 aromatic carbocycles. The van der Waals surface area contributed by atoms with Crippen molar-refractivity contribution in [3.05, 3.63) is 73.0 Å². The van der Waals surface area contributed by atoms with E-state index < -0.39 is 0 Å². The molecule has 0 aromatic heterocycles. The van der Waals surface area contributed by atoms with E-state index in [2.05, 4.69) is 77.6 Å². The van der Waals surface area contributed by atoms with Gasteiger partial charge < -0.3 is 4.90 Å². The number of hydrogen-bond donors (Lipinski definition) is 0. The van der Waals surface area contributed by atoms with Crippen molar-refractivity contribution in [2.45, 2.75) is 73.8 Å². The first-order chi connectivity index (χ1) is 12.1. The van der Waals surface area contributed by atoms with Gasteiger partial charge >= 0.3 is 0 Å². The number of rotatable bonds is 5. The number of nitrogens with zero attached hydrogens (tertiary/aromatic N) is 1. The minimum absolute atomic E-state index is 0.645. The van der Waals surface area contributed by atoms with Crippen molar-refractivity contribution >= 4 is 0 Å². The van der Waals surface area contributed by atoms with Crippen LogP contribution >= 0.6 is 0 Å². The predicted molar refractivity (Wildman–Crippen MR) is 122 cm³/mol. The van der Waals surface area contributed by atoms with Gasteiger partial charge in [-0.25, -0.2) is 0 Å². The highest BCUT2D eigenvalue weighted by Crippen LogP contribution is 2.30. The van der Waals surface area contributed by atoms with Crippen LogP contribution in [-0.2, 0) is 0 Å². The second-order valence-corrected chi connectivity index (χ2v) is 7.64.